The first-order chi connectivity index (χ1) is 32.6. The molecular formula is C52H44N10O2S2. The van der Waals surface area contributed by atoms with Crippen LogP contribution in [-0.4, -0.2) is 77.0 Å². The molecule has 14 heteroatoms. The van der Waals surface area contributed by atoms with Gasteiger partial charge in [-0.3, -0.25) is 0 Å². The number of hydrogen-bond donors (Lipinski definition) is 0. The number of para-hydroxylation sites is 2. The van der Waals surface area contributed by atoms with Gasteiger partial charge in [-0.25, -0.2) is 0 Å². The van der Waals surface area contributed by atoms with Crippen molar-refractivity contribution >= 4 is 57.8 Å². The van der Waals surface area contributed by atoms with Crippen molar-refractivity contribution in [1.29, 1.82) is 0 Å². The molecule has 10 aromatic rings. The molecule has 0 unspecified atom stereocenters. The molecule has 0 radical (unpaired) electrons. The van der Waals surface area contributed by atoms with Crippen molar-refractivity contribution in [2.75, 3.05) is 25.7 Å². The smallest absolute Gasteiger partial charge is 0.212 e. The number of benzene rings is 6. The van der Waals surface area contributed by atoms with Crippen molar-refractivity contribution in [2.45, 2.75) is 23.4 Å². The monoisotopic (exact) mass is 904 g/mol. The molecule has 0 fully saturated rings. The van der Waals surface area contributed by atoms with Gasteiger partial charge in [0.25, 0.3) is 0 Å². The van der Waals surface area contributed by atoms with Crippen molar-refractivity contribution in [3.8, 4) is 34.3 Å². The van der Waals surface area contributed by atoms with E-state index in [4.69, 9.17) is 40.1 Å². The van der Waals surface area contributed by atoms with Crippen LogP contribution in [0, 0.1) is 0 Å². The SMILES string of the molecule is COc1ccc(/C=N/n2c(SCCSc3nnc(-c4cn(Cc5ccccc5)c5ccccc45)n3/N=C/c3ccc(OC)cc3)nnc2-c2cn(Cc3ccccc3)c3ccccc23)cc1. The number of aromatic nitrogens is 8. The minimum Gasteiger partial charge on any atom is -0.497 e. The second-order valence-electron chi connectivity index (χ2n) is 15.3. The van der Waals surface area contributed by atoms with Crippen LogP contribution in [0.15, 0.2) is 191 Å². The molecule has 0 aliphatic heterocycles. The Labute approximate surface area is 390 Å². The molecule has 0 saturated heterocycles. The predicted octanol–water partition coefficient (Wildman–Crippen LogP) is 10.9. The van der Waals surface area contributed by atoms with Gasteiger partial charge in [-0.05, 0) is 82.9 Å². The van der Waals surface area contributed by atoms with Gasteiger partial charge in [0.1, 0.15) is 11.5 Å². The lowest BCUT2D eigenvalue weighted by atomic mass is 10.1. The Morgan fingerprint density at radius 1 is 0.470 bits per heavy atom. The number of ether oxygens (including phenoxy) is 2. The lowest BCUT2D eigenvalue weighted by Crippen LogP contribution is -2.00. The summed E-state index contributed by atoms with van der Waals surface area (Å²) in [5.74, 6) is 4.22. The van der Waals surface area contributed by atoms with Crippen LogP contribution in [0.2, 0.25) is 0 Å². The van der Waals surface area contributed by atoms with Crippen LogP contribution in [0.3, 0.4) is 0 Å². The van der Waals surface area contributed by atoms with E-state index in [0.717, 1.165) is 68.6 Å². The topological polar surface area (TPSA) is 114 Å². The van der Waals surface area contributed by atoms with E-state index in [2.05, 4.69) is 119 Å². The number of thioether (sulfide) groups is 2. The van der Waals surface area contributed by atoms with Gasteiger partial charge in [-0.2, -0.15) is 19.6 Å². The second-order valence-corrected chi connectivity index (χ2v) is 17.4. The number of fused-ring (bicyclic) bond motifs is 2. The first-order valence-electron chi connectivity index (χ1n) is 21.4. The van der Waals surface area contributed by atoms with Crippen LogP contribution in [0.1, 0.15) is 22.3 Å². The van der Waals surface area contributed by atoms with Crippen molar-refractivity contribution < 1.29 is 9.47 Å². The standard InChI is InChI=1S/C52H44N10O2S2/c1-63-41-25-21-37(22-26-41)31-53-61-49(45-35-59(33-39-13-5-3-6-14-39)47-19-11-9-17-43(45)47)55-57-51(61)65-29-30-66-52-58-56-50(62(52)54-32-38-23-27-42(64-2)28-24-38)46-36-60(34-40-15-7-4-8-16-40)48-20-12-10-18-44(46)48/h3-28,31-32,35-36H,29-30,33-34H2,1-2H3/b53-31+,54-32+. The lowest BCUT2D eigenvalue weighted by Gasteiger charge is -2.06. The molecule has 10 rings (SSSR count). The Kier molecular flexibility index (Phi) is 12.6. The fourth-order valence-corrected chi connectivity index (χ4v) is 9.56. The third-order valence-electron chi connectivity index (χ3n) is 11.1. The lowest BCUT2D eigenvalue weighted by molar-refractivity contribution is 0.414. The van der Waals surface area contributed by atoms with Crippen LogP contribution in [0.5, 0.6) is 11.5 Å². The van der Waals surface area contributed by atoms with Crippen LogP contribution < -0.4 is 9.47 Å². The zero-order chi connectivity index (χ0) is 44.7. The van der Waals surface area contributed by atoms with Gasteiger partial charge in [-0.1, -0.05) is 121 Å². The average molecular weight is 905 g/mol. The number of nitrogens with zero attached hydrogens (tertiary/aromatic N) is 10. The number of hydrogen-bond acceptors (Lipinski definition) is 10. The first kappa shape index (κ1) is 42.3. The van der Waals surface area contributed by atoms with Crippen molar-refractivity contribution in [3.05, 3.63) is 192 Å². The molecule has 4 heterocycles. The molecule has 66 heavy (non-hydrogen) atoms. The van der Waals surface area contributed by atoms with Gasteiger partial charge in [0.15, 0.2) is 11.6 Å². The Bertz CT molecular complexity index is 3060. The summed E-state index contributed by atoms with van der Waals surface area (Å²) in [6.07, 6.45) is 7.97. The summed E-state index contributed by atoms with van der Waals surface area (Å²) in [4.78, 5) is 0. The first-order valence-corrected chi connectivity index (χ1v) is 23.4. The highest BCUT2D eigenvalue weighted by Crippen LogP contribution is 2.35. The van der Waals surface area contributed by atoms with Gasteiger partial charge in [0.2, 0.25) is 10.3 Å². The fraction of sp³-hybridized carbons (Fsp3) is 0.115. The second kappa shape index (κ2) is 19.6. The molecule has 0 aliphatic carbocycles. The van der Waals surface area contributed by atoms with E-state index >= 15 is 0 Å². The Morgan fingerprint density at radius 3 is 1.27 bits per heavy atom. The highest BCUT2D eigenvalue weighted by Gasteiger charge is 2.22. The zero-order valence-electron chi connectivity index (χ0n) is 36.3. The normalized spacial score (nSPS) is 11.7. The van der Waals surface area contributed by atoms with Crippen molar-refractivity contribution in [2.24, 2.45) is 10.2 Å². The number of methoxy groups -OCH3 is 2. The van der Waals surface area contributed by atoms with E-state index in [-0.39, 0.29) is 0 Å². The summed E-state index contributed by atoms with van der Waals surface area (Å²) in [6.45, 7) is 1.44. The molecule has 6 aromatic carbocycles. The summed E-state index contributed by atoms with van der Waals surface area (Å²) in [6, 6.07) is 53.3. The zero-order valence-corrected chi connectivity index (χ0v) is 37.9. The Morgan fingerprint density at radius 2 is 0.864 bits per heavy atom. The van der Waals surface area contributed by atoms with E-state index in [9.17, 15) is 0 Å². The van der Waals surface area contributed by atoms with Crippen LogP contribution in [-0.2, 0) is 13.1 Å². The highest BCUT2D eigenvalue weighted by atomic mass is 32.2. The maximum absolute atomic E-state index is 5.40. The average Bonchev–Trinajstić information content (AvgIpc) is 4.16. The van der Waals surface area contributed by atoms with Crippen LogP contribution in [0.25, 0.3) is 44.6 Å². The van der Waals surface area contributed by atoms with Crippen LogP contribution in [0.4, 0.5) is 0 Å². The molecule has 0 aliphatic rings. The molecule has 0 atom stereocenters. The molecule has 4 aromatic heterocycles. The predicted molar refractivity (Wildman–Crippen MR) is 266 cm³/mol. The third-order valence-corrected chi connectivity index (χ3v) is 13.2. The molecule has 0 bridgehead atoms. The Hall–Kier alpha value is -7.68. The van der Waals surface area contributed by atoms with Gasteiger partial charge >= 0.3 is 0 Å². The summed E-state index contributed by atoms with van der Waals surface area (Å²) < 4.78 is 19.0. The number of rotatable bonds is 17. The van der Waals surface area contributed by atoms with Gasteiger partial charge < -0.3 is 18.6 Å². The minimum absolute atomic E-state index is 0.654. The molecule has 326 valence electrons. The Balaban J connectivity index is 0.954. The minimum atomic E-state index is 0.654. The van der Waals surface area contributed by atoms with Crippen molar-refractivity contribution in [1.82, 2.24) is 38.9 Å². The molecular weight excluding hydrogens is 861 g/mol. The summed E-state index contributed by atoms with van der Waals surface area (Å²) >= 11 is 3.17. The third kappa shape index (κ3) is 9.14. The van der Waals surface area contributed by atoms with Crippen molar-refractivity contribution in [3.63, 3.8) is 0 Å². The van der Waals surface area contributed by atoms with E-state index < -0.39 is 0 Å². The van der Waals surface area contributed by atoms with Gasteiger partial charge in [-0.15, -0.1) is 20.4 Å². The van der Waals surface area contributed by atoms with E-state index in [1.54, 1.807) is 37.7 Å². The maximum atomic E-state index is 5.40. The van der Waals surface area contributed by atoms with Gasteiger partial charge in [0.05, 0.1) is 26.6 Å². The summed E-state index contributed by atoms with van der Waals surface area (Å²) in [5.41, 5.74) is 8.36. The van der Waals surface area contributed by atoms with Crippen LogP contribution >= 0.6 is 23.5 Å². The molecule has 0 saturated carbocycles. The van der Waals surface area contributed by atoms with E-state index in [0.29, 0.717) is 33.5 Å². The largest absolute Gasteiger partial charge is 0.497 e. The van der Waals surface area contributed by atoms with E-state index in [1.807, 2.05) is 82.4 Å². The van der Waals surface area contributed by atoms with Gasteiger partial charge in [0, 0.05) is 69.9 Å². The summed E-state index contributed by atoms with van der Waals surface area (Å²) in [5, 5.41) is 32.5. The molecule has 12 nitrogen and oxygen atoms in total. The molecule has 0 amide bonds. The molecule has 0 N–H and O–H groups in total. The van der Waals surface area contributed by atoms with E-state index in [1.165, 1.54) is 11.1 Å². The maximum Gasteiger partial charge on any atom is 0.212 e. The quantitative estimate of drug-likeness (QED) is 0.0504. The summed E-state index contributed by atoms with van der Waals surface area (Å²) in [7, 11) is 3.32. The highest BCUT2D eigenvalue weighted by molar-refractivity contribution is 8.02. The molecule has 0 spiro atoms. The fourth-order valence-electron chi connectivity index (χ4n) is 7.82.